The summed E-state index contributed by atoms with van der Waals surface area (Å²) < 4.78 is 0. The van der Waals surface area contributed by atoms with Crippen molar-refractivity contribution in [2.75, 3.05) is 5.32 Å². The molecule has 0 spiro atoms. The fraction of sp³-hybridized carbons (Fsp3) is 0.0714. The summed E-state index contributed by atoms with van der Waals surface area (Å²) in [6.45, 7) is 0. The molecule has 0 saturated heterocycles. The van der Waals surface area contributed by atoms with Crippen LogP contribution >= 0.6 is 27.5 Å². The van der Waals surface area contributed by atoms with Crippen LogP contribution in [0, 0.1) is 10.1 Å². The molecule has 1 amide bonds. The van der Waals surface area contributed by atoms with Crippen LogP contribution in [0.5, 0.6) is 0 Å². The molecule has 0 unspecified atom stereocenters. The van der Waals surface area contributed by atoms with Gasteiger partial charge in [-0.15, -0.1) is 0 Å². The zero-order valence-electron chi connectivity index (χ0n) is 10.7. The molecule has 108 valence electrons. The van der Waals surface area contributed by atoms with Gasteiger partial charge in [0.2, 0.25) is 0 Å². The van der Waals surface area contributed by atoms with Crippen LogP contribution < -0.4 is 5.32 Å². The molecule has 0 aromatic heterocycles. The molecule has 0 aliphatic carbocycles. The summed E-state index contributed by atoms with van der Waals surface area (Å²) in [5.74, 6) is -0.572. The van der Waals surface area contributed by atoms with Gasteiger partial charge in [-0.1, -0.05) is 45.7 Å². The summed E-state index contributed by atoms with van der Waals surface area (Å²) in [6, 6.07) is 11.1. The van der Waals surface area contributed by atoms with E-state index in [1.807, 2.05) is 12.1 Å². The molecule has 0 fully saturated rings. The first-order valence-electron chi connectivity index (χ1n) is 5.92. The van der Waals surface area contributed by atoms with Crippen molar-refractivity contribution >= 4 is 44.8 Å². The van der Waals surface area contributed by atoms with Gasteiger partial charge in [-0.2, -0.15) is 0 Å². The quantitative estimate of drug-likeness (QED) is 0.493. The molecule has 2 rings (SSSR count). The summed E-state index contributed by atoms with van der Waals surface area (Å²) in [7, 11) is 0. The van der Waals surface area contributed by atoms with E-state index in [4.69, 9.17) is 11.6 Å². The first-order chi connectivity index (χ1) is 10.0. The van der Waals surface area contributed by atoms with E-state index in [9.17, 15) is 14.9 Å². The normalized spacial score (nSPS) is 10.2. The van der Waals surface area contributed by atoms with Gasteiger partial charge in [0.15, 0.2) is 0 Å². The number of hydrogen-bond donors (Lipinski definition) is 1. The molecule has 0 atom stereocenters. The van der Waals surface area contributed by atoms with E-state index in [1.165, 1.54) is 18.2 Å². The highest BCUT2D eigenvalue weighted by Crippen LogP contribution is 2.25. The molecule has 21 heavy (non-hydrogen) atoms. The van der Waals surface area contributed by atoms with Crippen LogP contribution in [0.1, 0.15) is 15.9 Å². The minimum Gasteiger partial charge on any atom is -0.321 e. The van der Waals surface area contributed by atoms with Crippen molar-refractivity contribution < 1.29 is 9.72 Å². The molecule has 0 radical (unpaired) electrons. The Labute approximate surface area is 134 Å². The van der Waals surface area contributed by atoms with Gasteiger partial charge in [0.25, 0.3) is 11.6 Å². The van der Waals surface area contributed by atoms with Gasteiger partial charge in [0.05, 0.1) is 4.92 Å². The van der Waals surface area contributed by atoms with Crippen molar-refractivity contribution in [3.63, 3.8) is 0 Å². The van der Waals surface area contributed by atoms with Gasteiger partial charge in [0.1, 0.15) is 5.56 Å². The highest BCUT2D eigenvalue weighted by molar-refractivity contribution is 9.08. The van der Waals surface area contributed by atoms with Gasteiger partial charge >= 0.3 is 0 Å². The third-order valence-corrected chi connectivity index (χ3v) is 3.65. The van der Waals surface area contributed by atoms with Gasteiger partial charge in [0, 0.05) is 22.1 Å². The van der Waals surface area contributed by atoms with Crippen LogP contribution in [0.25, 0.3) is 0 Å². The zero-order chi connectivity index (χ0) is 15.4. The smallest absolute Gasteiger partial charge is 0.282 e. The lowest BCUT2D eigenvalue weighted by Gasteiger charge is -2.09. The van der Waals surface area contributed by atoms with E-state index in [2.05, 4.69) is 21.2 Å². The van der Waals surface area contributed by atoms with Crippen molar-refractivity contribution in [3.05, 3.63) is 68.7 Å². The lowest BCUT2D eigenvalue weighted by molar-refractivity contribution is -0.385. The van der Waals surface area contributed by atoms with E-state index in [0.717, 1.165) is 5.56 Å². The number of alkyl halides is 1. The van der Waals surface area contributed by atoms with E-state index in [0.29, 0.717) is 11.0 Å². The number of amides is 1. The lowest BCUT2D eigenvalue weighted by Crippen LogP contribution is -2.15. The van der Waals surface area contributed by atoms with E-state index < -0.39 is 10.8 Å². The SMILES string of the molecule is O=C(Nc1ccccc1CBr)c1cc(Cl)ccc1[N+](=O)[O-]. The summed E-state index contributed by atoms with van der Waals surface area (Å²) in [5, 5.41) is 14.5. The number of para-hydroxylation sites is 1. The first kappa shape index (κ1) is 15.5. The fourth-order valence-electron chi connectivity index (χ4n) is 1.80. The molecule has 0 aliphatic heterocycles. The van der Waals surface area contributed by atoms with Crippen molar-refractivity contribution in [1.82, 2.24) is 0 Å². The number of carbonyl (C=O) groups excluding carboxylic acids is 1. The summed E-state index contributed by atoms with van der Waals surface area (Å²) >= 11 is 9.14. The van der Waals surface area contributed by atoms with Crippen LogP contribution in [0.2, 0.25) is 5.02 Å². The molecule has 0 saturated carbocycles. The van der Waals surface area contributed by atoms with Crippen LogP contribution in [0.3, 0.4) is 0 Å². The third-order valence-electron chi connectivity index (χ3n) is 2.81. The number of halogens is 2. The Kier molecular flexibility index (Phi) is 4.93. The zero-order valence-corrected chi connectivity index (χ0v) is 13.0. The second kappa shape index (κ2) is 6.69. The van der Waals surface area contributed by atoms with Crippen molar-refractivity contribution in [2.24, 2.45) is 0 Å². The Morgan fingerprint density at radius 2 is 2.00 bits per heavy atom. The van der Waals surface area contributed by atoms with Crippen LogP contribution in [0.4, 0.5) is 11.4 Å². The molecule has 2 aromatic carbocycles. The highest BCUT2D eigenvalue weighted by atomic mass is 79.9. The maximum Gasteiger partial charge on any atom is 0.282 e. The summed E-state index contributed by atoms with van der Waals surface area (Å²) in [4.78, 5) is 22.6. The third kappa shape index (κ3) is 3.59. The Morgan fingerprint density at radius 3 is 2.67 bits per heavy atom. The van der Waals surface area contributed by atoms with E-state index in [1.54, 1.807) is 12.1 Å². The number of nitrogens with zero attached hydrogens (tertiary/aromatic N) is 1. The van der Waals surface area contributed by atoms with Crippen LogP contribution in [0.15, 0.2) is 42.5 Å². The van der Waals surface area contributed by atoms with Crippen molar-refractivity contribution in [1.29, 1.82) is 0 Å². The van der Waals surface area contributed by atoms with Gasteiger partial charge in [-0.05, 0) is 23.8 Å². The predicted molar refractivity (Wildman–Crippen MR) is 85.1 cm³/mol. The standard InChI is InChI=1S/C14H10BrClN2O3/c15-8-9-3-1-2-4-12(9)17-14(19)11-7-10(16)5-6-13(11)18(20)21/h1-7H,8H2,(H,17,19). The topological polar surface area (TPSA) is 72.2 Å². The average Bonchev–Trinajstić information content (AvgIpc) is 2.47. The predicted octanol–water partition coefficient (Wildman–Crippen LogP) is 4.40. The average molecular weight is 370 g/mol. The van der Waals surface area contributed by atoms with Crippen LogP contribution in [-0.4, -0.2) is 10.8 Å². The maximum atomic E-state index is 12.3. The second-order valence-electron chi connectivity index (χ2n) is 4.16. The molecule has 0 bridgehead atoms. The molecule has 5 nitrogen and oxygen atoms in total. The number of nitro benzene ring substituents is 1. The monoisotopic (exact) mass is 368 g/mol. The van der Waals surface area contributed by atoms with Gasteiger partial charge < -0.3 is 5.32 Å². The largest absolute Gasteiger partial charge is 0.321 e. The molecule has 0 heterocycles. The number of nitro groups is 1. The highest BCUT2D eigenvalue weighted by Gasteiger charge is 2.21. The number of carbonyl (C=O) groups is 1. The lowest BCUT2D eigenvalue weighted by atomic mass is 10.1. The minimum absolute atomic E-state index is 0.0723. The Hall–Kier alpha value is -1.92. The number of rotatable bonds is 4. The molecule has 2 aromatic rings. The van der Waals surface area contributed by atoms with E-state index in [-0.39, 0.29) is 16.3 Å². The van der Waals surface area contributed by atoms with E-state index >= 15 is 0 Å². The number of nitrogens with one attached hydrogen (secondary N) is 1. The minimum atomic E-state index is -0.609. The summed E-state index contributed by atoms with van der Waals surface area (Å²) in [5.41, 5.74) is 1.11. The Morgan fingerprint density at radius 1 is 1.29 bits per heavy atom. The van der Waals surface area contributed by atoms with Crippen molar-refractivity contribution in [2.45, 2.75) is 5.33 Å². The molecule has 1 N–H and O–H groups in total. The molecule has 0 aliphatic rings. The maximum absolute atomic E-state index is 12.3. The number of hydrogen-bond acceptors (Lipinski definition) is 3. The Bertz CT molecular complexity index is 706. The fourth-order valence-corrected chi connectivity index (χ4v) is 2.46. The summed E-state index contributed by atoms with van der Waals surface area (Å²) in [6.07, 6.45) is 0. The van der Waals surface area contributed by atoms with Gasteiger partial charge in [-0.25, -0.2) is 0 Å². The molecule has 7 heteroatoms. The number of benzene rings is 2. The second-order valence-corrected chi connectivity index (χ2v) is 5.16. The molecular formula is C14H10BrClN2O3. The Balaban J connectivity index is 2.37. The van der Waals surface area contributed by atoms with Crippen molar-refractivity contribution in [3.8, 4) is 0 Å². The number of anilines is 1. The molecular weight excluding hydrogens is 360 g/mol. The van der Waals surface area contributed by atoms with Crippen LogP contribution in [-0.2, 0) is 5.33 Å². The first-order valence-corrected chi connectivity index (χ1v) is 7.42. The van der Waals surface area contributed by atoms with Gasteiger partial charge in [-0.3, -0.25) is 14.9 Å².